The van der Waals surface area contributed by atoms with Crippen molar-refractivity contribution < 1.29 is 14.4 Å². The first-order valence-electron chi connectivity index (χ1n) is 10.7. The lowest BCUT2D eigenvalue weighted by Crippen LogP contribution is -2.41. The highest BCUT2D eigenvalue weighted by Crippen LogP contribution is 2.23. The number of rotatable bonds is 8. The number of aromatic nitrogens is 2. The molecular formula is C25H24N4O3S2. The van der Waals surface area contributed by atoms with Crippen molar-refractivity contribution in [2.24, 2.45) is 0 Å². The standard InChI is InChI=1S/C25H24N4O3S2/c1-15-13-19(16(2)34-15)22(30)11-12-23(31)28-29-24(32)18-9-7-17(8-10-18)14-33-25-26-20-5-3-4-6-21(20)27-25/h3-10,13H,11-12,14H2,1-2H3,(H,26,27)(H,28,31)(H,29,32). The number of nitrogens with zero attached hydrogens (tertiary/aromatic N) is 1. The number of fused-ring (bicyclic) bond motifs is 1. The van der Waals surface area contributed by atoms with Crippen LogP contribution in [0.4, 0.5) is 0 Å². The zero-order valence-electron chi connectivity index (χ0n) is 18.8. The molecule has 0 radical (unpaired) electrons. The third kappa shape index (κ3) is 5.92. The minimum Gasteiger partial charge on any atom is -0.333 e. The van der Waals surface area contributed by atoms with Crippen LogP contribution in [-0.2, 0) is 10.5 Å². The quantitative estimate of drug-likeness (QED) is 0.183. The Morgan fingerprint density at radius 1 is 1.00 bits per heavy atom. The van der Waals surface area contributed by atoms with E-state index in [1.54, 1.807) is 35.2 Å². The molecule has 174 valence electrons. The number of amides is 2. The molecule has 2 amide bonds. The molecule has 34 heavy (non-hydrogen) atoms. The van der Waals surface area contributed by atoms with Gasteiger partial charge in [0, 0.05) is 39.5 Å². The lowest BCUT2D eigenvalue weighted by molar-refractivity contribution is -0.121. The summed E-state index contributed by atoms with van der Waals surface area (Å²) in [5, 5.41) is 0.841. The molecule has 4 aromatic rings. The molecule has 2 heterocycles. The van der Waals surface area contributed by atoms with Crippen LogP contribution in [0.2, 0.25) is 0 Å². The van der Waals surface area contributed by atoms with E-state index in [0.717, 1.165) is 31.5 Å². The molecule has 3 N–H and O–H groups in total. The SMILES string of the molecule is Cc1cc(C(=O)CCC(=O)NNC(=O)c2ccc(CSc3nc4ccccc4[nH]3)cc2)c(C)s1. The number of thioether (sulfide) groups is 1. The Morgan fingerprint density at radius 3 is 2.47 bits per heavy atom. The number of aromatic amines is 1. The van der Waals surface area contributed by atoms with Crippen molar-refractivity contribution in [1.82, 2.24) is 20.8 Å². The van der Waals surface area contributed by atoms with E-state index < -0.39 is 11.8 Å². The summed E-state index contributed by atoms with van der Waals surface area (Å²) in [5.74, 6) is -0.194. The van der Waals surface area contributed by atoms with Crippen molar-refractivity contribution in [2.75, 3.05) is 0 Å². The first kappa shape index (κ1) is 23.7. The lowest BCUT2D eigenvalue weighted by atomic mass is 10.1. The highest BCUT2D eigenvalue weighted by Gasteiger charge is 2.14. The van der Waals surface area contributed by atoms with Crippen LogP contribution in [0, 0.1) is 13.8 Å². The summed E-state index contributed by atoms with van der Waals surface area (Å²) in [5.41, 5.74) is 8.85. The zero-order valence-corrected chi connectivity index (χ0v) is 20.4. The van der Waals surface area contributed by atoms with Gasteiger partial charge >= 0.3 is 0 Å². The number of H-pyrrole nitrogens is 1. The Hall–Kier alpha value is -3.43. The third-order valence-electron chi connectivity index (χ3n) is 5.20. The largest absolute Gasteiger partial charge is 0.333 e. The third-order valence-corrected chi connectivity index (χ3v) is 7.11. The maximum atomic E-state index is 12.3. The smallest absolute Gasteiger partial charge is 0.269 e. The summed E-state index contributed by atoms with van der Waals surface area (Å²) in [6.45, 7) is 3.84. The van der Waals surface area contributed by atoms with Gasteiger partial charge in [0.05, 0.1) is 11.0 Å². The number of aryl methyl sites for hydroxylation is 2. The molecule has 0 unspecified atom stereocenters. The van der Waals surface area contributed by atoms with Crippen molar-refractivity contribution in [1.29, 1.82) is 0 Å². The molecule has 2 aromatic heterocycles. The molecule has 0 aliphatic carbocycles. The molecule has 0 atom stereocenters. The van der Waals surface area contributed by atoms with Crippen LogP contribution in [0.3, 0.4) is 0 Å². The average molecular weight is 493 g/mol. The van der Waals surface area contributed by atoms with E-state index in [9.17, 15) is 14.4 Å². The van der Waals surface area contributed by atoms with Gasteiger partial charge in [0.15, 0.2) is 10.9 Å². The maximum Gasteiger partial charge on any atom is 0.269 e. The maximum absolute atomic E-state index is 12.3. The molecule has 0 saturated carbocycles. The summed E-state index contributed by atoms with van der Waals surface area (Å²) in [7, 11) is 0. The van der Waals surface area contributed by atoms with Crippen molar-refractivity contribution in [3.63, 3.8) is 0 Å². The van der Waals surface area contributed by atoms with Gasteiger partial charge < -0.3 is 4.98 Å². The summed E-state index contributed by atoms with van der Waals surface area (Å²) >= 11 is 3.15. The fourth-order valence-corrected chi connectivity index (χ4v) is 5.22. The van der Waals surface area contributed by atoms with Gasteiger partial charge in [-0.2, -0.15) is 0 Å². The summed E-state index contributed by atoms with van der Waals surface area (Å²) in [4.78, 5) is 46.5. The van der Waals surface area contributed by atoms with E-state index in [4.69, 9.17) is 0 Å². The molecule has 4 rings (SSSR count). The second-order valence-corrected chi connectivity index (χ2v) is 10.2. The van der Waals surface area contributed by atoms with E-state index >= 15 is 0 Å². The fraction of sp³-hybridized carbons (Fsp3) is 0.200. The number of hydrogen-bond acceptors (Lipinski definition) is 6. The van der Waals surface area contributed by atoms with Crippen LogP contribution in [0.25, 0.3) is 11.0 Å². The van der Waals surface area contributed by atoms with Gasteiger partial charge in [-0.25, -0.2) is 4.98 Å². The number of para-hydroxylation sites is 2. The van der Waals surface area contributed by atoms with Gasteiger partial charge in [-0.05, 0) is 49.7 Å². The van der Waals surface area contributed by atoms with Crippen LogP contribution >= 0.6 is 23.1 Å². The van der Waals surface area contributed by atoms with Crippen molar-refractivity contribution in [3.05, 3.63) is 81.0 Å². The summed E-state index contributed by atoms with van der Waals surface area (Å²) in [6, 6.07) is 16.9. The number of Topliss-reactive ketones (excluding diaryl/α,β-unsaturated/α-hetero) is 1. The lowest BCUT2D eigenvalue weighted by Gasteiger charge is -2.08. The summed E-state index contributed by atoms with van der Waals surface area (Å²) < 4.78 is 0. The molecule has 0 spiro atoms. The molecule has 0 saturated heterocycles. The predicted molar refractivity (Wildman–Crippen MR) is 135 cm³/mol. The number of hydrogen-bond donors (Lipinski definition) is 3. The highest BCUT2D eigenvalue weighted by molar-refractivity contribution is 7.98. The van der Waals surface area contributed by atoms with Gasteiger partial charge in [-0.3, -0.25) is 25.2 Å². The Morgan fingerprint density at radius 2 is 1.76 bits per heavy atom. The van der Waals surface area contributed by atoms with Crippen molar-refractivity contribution >= 4 is 51.7 Å². The number of nitrogens with one attached hydrogen (secondary N) is 3. The Kier molecular flexibility index (Phi) is 7.44. The zero-order chi connectivity index (χ0) is 24.1. The highest BCUT2D eigenvalue weighted by atomic mass is 32.2. The average Bonchev–Trinajstić information content (AvgIpc) is 3.41. The first-order chi connectivity index (χ1) is 16.4. The monoisotopic (exact) mass is 492 g/mol. The topological polar surface area (TPSA) is 104 Å². The van der Waals surface area contributed by atoms with Crippen LogP contribution < -0.4 is 10.9 Å². The van der Waals surface area contributed by atoms with Gasteiger partial charge in [0.2, 0.25) is 5.91 Å². The minimum absolute atomic E-state index is 0.00536. The second kappa shape index (κ2) is 10.7. The predicted octanol–water partition coefficient (Wildman–Crippen LogP) is 4.96. The van der Waals surface area contributed by atoms with Gasteiger partial charge in [-0.1, -0.05) is 36.0 Å². The number of carbonyl (C=O) groups is 3. The Balaban J connectivity index is 1.22. The molecule has 9 heteroatoms. The van der Waals surface area contributed by atoms with Crippen LogP contribution in [0.5, 0.6) is 0 Å². The number of thiophene rings is 1. The van der Waals surface area contributed by atoms with Crippen LogP contribution in [0.15, 0.2) is 59.8 Å². The molecule has 2 aromatic carbocycles. The number of carbonyl (C=O) groups excluding carboxylic acids is 3. The van der Waals surface area contributed by atoms with E-state index in [1.807, 2.05) is 56.3 Å². The molecule has 0 aliphatic heterocycles. The summed E-state index contributed by atoms with van der Waals surface area (Å²) in [6.07, 6.45) is 0.0989. The molecule has 0 fully saturated rings. The van der Waals surface area contributed by atoms with E-state index in [1.165, 1.54) is 0 Å². The van der Waals surface area contributed by atoms with Gasteiger partial charge in [-0.15, -0.1) is 11.3 Å². The van der Waals surface area contributed by atoms with Crippen LogP contribution in [-0.4, -0.2) is 27.6 Å². The fourth-order valence-electron chi connectivity index (χ4n) is 3.43. The van der Waals surface area contributed by atoms with Gasteiger partial charge in [0.1, 0.15) is 0 Å². The molecular weight excluding hydrogens is 468 g/mol. The van der Waals surface area contributed by atoms with E-state index in [0.29, 0.717) is 16.9 Å². The minimum atomic E-state index is -0.416. The molecule has 0 bridgehead atoms. The number of imidazole rings is 1. The van der Waals surface area contributed by atoms with Crippen molar-refractivity contribution in [3.8, 4) is 0 Å². The number of benzene rings is 2. The Labute approximate surface area is 205 Å². The van der Waals surface area contributed by atoms with E-state index in [2.05, 4.69) is 20.8 Å². The van der Waals surface area contributed by atoms with Gasteiger partial charge in [0.25, 0.3) is 5.91 Å². The second-order valence-electron chi connectivity index (χ2n) is 7.80. The number of ketones is 1. The molecule has 0 aliphatic rings. The first-order valence-corrected chi connectivity index (χ1v) is 12.5. The molecule has 7 nitrogen and oxygen atoms in total. The Bertz CT molecular complexity index is 1310. The van der Waals surface area contributed by atoms with Crippen LogP contribution in [0.1, 0.15) is 48.9 Å². The normalized spacial score (nSPS) is 10.9. The number of hydrazine groups is 1. The van der Waals surface area contributed by atoms with Crippen molar-refractivity contribution in [2.45, 2.75) is 37.6 Å². The van der Waals surface area contributed by atoms with E-state index in [-0.39, 0.29) is 18.6 Å².